The number of hydrogen-bond acceptors (Lipinski definition) is 2. The first-order valence-electron chi connectivity index (χ1n) is 13.2. The Kier molecular flexibility index (Phi) is 5.17. The van der Waals surface area contributed by atoms with Gasteiger partial charge in [-0.25, -0.2) is 0 Å². The molecular formula is C29H44O2. The number of aliphatic hydroxyl groups excluding tert-OH is 1. The van der Waals surface area contributed by atoms with Crippen LogP contribution in [0, 0.1) is 45.8 Å². The number of carbonyl (C=O) groups excluding carboxylic acids is 1. The van der Waals surface area contributed by atoms with Crippen LogP contribution in [0.3, 0.4) is 0 Å². The molecule has 172 valence electrons. The third kappa shape index (κ3) is 3.10. The summed E-state index contributed by atoms with van der Waals surface area (Å²) in [5, 5.41) is 11.4. The van der Waals surface area contributed by atoms with Crippen LogP contribution in [0.15, 0.2) is 23.3 Å². The monoisotopic (exact) mass is 424 g/mol. The summed E-state index contributed by atoms with van der Waals surface area (Å²) in [5.41, 5.74) is 3.35. The lowest BCUT2D eigenvalue weighted by atomic mass is 9.45. The van der Waals surface area contributed by atoms with E-state index in [0.29, 0.717) is 35.4 Å². The minimum Gasteiger partial charge on any atom is -0.393 e. The van der Waals surface area contributed by atoms with Gasteiger partial charge < -0.3 is 5.11 Å². The van der Waals surface area contributed by atoms with E-state index in [1.807, 2.05) is 0 Å². The van der Waals surface area contributed by atoms with E-state index in [0.717, 1.165) is 38.5 Å². The molecule has 0 bridgehead atoms. The van der Waals surface area contributed by atoms with Crippen molar-refractivity contribution in [2.45, 2.75) is 105 Å². The quantitative estimate of drug-likeness (QED) is 0.500. The third-order valence-corrected chi connectivity index (χ3v) is 11.1. The van der Waals surface area contributed by atoms with Crippen LogP contribution in [-0.2, 0) is 4.79 Å². The van der Waals surface area contributed by atoms with Crippen LogP contribution < -0.4 is 0 Å². The van der Waals surface area contributed by atoms with Crippen LogP contribution in [0.1, 0.15) is 98.8 Å². The number of fused-ring (bicyclic) bond motifs is 6. The van der Waals surface area contributed by atoms with Crippen LogP contribution in [-0.4, -0.2) is 17.0 Å². The summed E-state index contributed by atoms with van der Waals surface area (Å²) in [6, 6.07) is 0. The Labute approximate surface area is 190 Å². The van der Waals surface area contributed by atoms with Gasteiger partial charge in [-0.1, -0.05) is 44.1 Å². The molecule has 5 aliphatic rings. The first-order valence-corrected chi connectivity index (χ1v) is 13.2. The fraction of sp³-hybridized carbons (Fsp3) is 0.828. The van der Waals surface area contributed by atoms with Crippen molar-refractivity contribution < 1.29 is 9.90 Å². The van der Waals surface area contributed by atoms with Crippen molar-refractivity contribution in [3.05, 3.63) is 23.3 Å². The highest BCUT2D eigenvalue weighted by Crippen LogP contribution is 2.72. The molecule has 2 heteroatoms. The largest absolute Gasteiger partial charge is 0.393 e. The topological polar surface area (TPSA) is 37.3 Å². The zero-order chi connectivity index (χ0) is 22.2. The lowest BCUT2D eigenvalue weighted by molar-refractivity contribution is -0.129. The highest BCUT2D eigenvalue weighted by atomic mass is 16.3. The Bertz CT molecular complexity index is 813. The fourth-order valence-electron chi connectivity index (χ4n) is 9.43. The maximum Gasteiger partial charge on any atom is 0.143 e. The van der Waals surface area contributed by atoms with Crippen molar-refractivity contribution in [3.8, 4) is 0 Å². The van der Waals surface area contributed by atoms with Crippen molar-refractivity contribution >= 4 is 5.78 Å². The van der Waals surface area contributed by atoms with E-state index in [1.54, 1.807) is 0 Å². The maximum absolute atomic E-state index is 12.8. The molecule has 0 amide bonds. The predicted molar refractivity (Wildman–Crippen MR) is 126 cm³/mol. The van der Waals surface area contributed by atoms with Gasteiger partial charge in [-0.05, 0) is 112 Å². The average molecular weight is 425 g/mol. The number of carbonyl (C=O) groups is 1. The Morgan fingerprint density at radius 3 is 2.65 bits per heavy atom. The van der Waals surface area contributed by atoms with Gasteiger partial charge >= 0.3 is 0 Å². The van der Waals surface area contributed by atoms with Crippen LogP contribution in [0.4, 0.5) is 0 Å². The molecule has 5 aliphatic carbocycles. The van der Waals surface area contributed by atoms with E-state index < -0.39 is 0 Å². The van der Waals surface area contributed by atoms with Gasteiger partial charge in [0.1, 0.15) is 5.78 Å². The SMILES string of the molecule is CC(C)=CCC[C@@H](C)[C@H]1C[C@@H](O)[C@H]2[C@@H]3CC=C4C5(CC5)C(=O)CC[C@]4(C)[C@H]3CC[C@@]21C. The summed E-state index contributed by atoms with van der Waals surface area (Å²) in [7, 11) is 0. The molecule has 0 aromatic carbocycles. The zero-order valence-corrected chi connectivity index (χ0v) is 20.5. The molecule has 31 heavy (non-hydrogen) atoms. The van der Waals surface area contributed by atoms with Gasteiger partial charge in [0.05, 0.1) is 11.5 Å². The summed E-state index contributed by atoms with van der Waals surface area (Å²) in [4.78, 5) is 12.8. The first kappa shape index (κ1) is 21.9. The van der Waals surface area contributed by atoms with Gasteiger partial charge in [-0.3, -0.25) is 4.79 Å². The van der Waals surface area contributed by atoms with E-state index in [4.69, 9.17) is 0 Å². The molecule has 1 spiro atoms. The standard InChI is InChI=1S/C29H44O2/c1-18(2)7-6-8-19(3)22-17-23(30)26-20-9-10-24-27(4,21(20)11-13-28(22,26)5)14-12-25(31)29(24)15-16-29/h7,10,19-23,26,30H,6,8-9,11-17H2,1-5H3/t19-,20-,21+,22-,23-,26-,27-,28-/m1/s1. The van der Waals surface area contributed by atoms with Crippen molar-refractivity contribution in [1.82, 2.24) is 0 Å². The number of rotatable bonds is 4. The summed E-state index contributed by atoms with van der Waals surface area (Å²) in [5.74, 6) is 3.53. The smallest absolute Gasteiger partial charge is 0.143 e. The van der Waals surface area contributed by atoms with E-state index in [9.17, 15) is 9.90 Å². The molecule has 8 atom stereocenters. The summed E-state index contributed by atoms with van der Waals surface area (Å²) in [6.45, 7) is 11.9. The Hall–Kier alpha value is -0.890. The van der Waals surface area contributed by atoms with Crippen molar-refractivity contribution in [2.75, 3.05) is 0 Å². The molecule has 0 aromatic heterocycles. The van der Waals surface area contributed by atoms with Gasteiger partial charge in [0.25, 0.3) is 0 Å². The molecule has 0 radical (unpaired) electrons. The van der Waals surface area contributed by atoms with Crippen molar-refractivity contribution in [2.24, 2.45) is 45.8 Å². The van der Waals surface area contributed by atoms with Crippen LogP contribution in [0.25, 0.3) is 0 Å². The predicted octanol–water partition coefficient (Wildman–Crippen LogP) is 6.88. The van der Waals surface area contributed by atoms with Gasteiger partial charge in [0, 0.05) is 6.42 Å². The molecule has 0 heterocycles. The number of hydrogen-bond donors (Lipinski definition) is 1. The molecular weight excluding hydrogens is 380 g/mol. The van der Waals surface area contributed by atoms with Crippen LogP contribution in [0.2, 0.25) is 0 Å². The molecule has 4 saturated carbocycles. The normalized spacial score (nSPS) is 45.9. The summed E-state index contributed by atoms with van der Waals surface area (Å²) in [6.07, 6.45) is 15.8. The van der Waals surface area contributed by atoms with Crippen molar-refractivity contribution in [1.29, 1.82) is 0 Å². The van der Waals surface area contributed by atoms with E-state index >= 15 is 0 Å². The lowest BCUT2D eigenvalue weighted by Crippen LogP contribution is -2.53. The molecule has 0 aliphatic heterocycles. The third-order valence-electron chi connectivity index (χ3n) is 11.1. The maximum atomic E-state index is 12.8. The summed E-state index contributed by atoms with van der Waals surface area (Å²) >= 11 is 0. The number of allylic oxidation sites excluding steroid dienone is 4. The molecule has 4 fully saturated rings. The highest BCUT2D eigenvalue weighted by Gasteiger charge is 2.66. The number of ketones is 1. The molecule has 2 nitrogen and oxygen atoms in total. The minimum absolute atomic E-state index is 0.0605. The van der Waals surface area contributed by atoms with E-state index in [2.05, 4.69) is 46.8 Å². The molecule has 1 N–H and O–H groups in total. The molecule has 0 saturated heterocycles. The second-order valence-electron chi connectivity index (χ2n) is 12.9. The zero-order valence-electron chi connectivity index (χ0n) is 20.5. The van der Waals surface area contributed by atoms with Crippen LogP contribution in [0.5, 0.6) is 0 Å². The minimum atomic E-state index is -0.146. The van der Waals surface area contributed by atoms with Gasteiger partial charge in [0.15, 0.2) is 0 Å². The van der Waals surface area contributed by atoms with E-state index in [-0.39, 0.29) is 22.3 Å². The average Bonchev–Trinajstić information content (AvgIpc) is 3.44. The lowest BCUT2D eigenvalue weighted by Gasteiger charge is -2.59. The summed E-state index contributed by atoms with van der Waals surface area (Å²) < 4.78 is 0. The Morgan fingerprint density at radius 2 is 1.97 bits per heavy atom. The van der Waals surface area contributed by atoms with Crippen LogP contribution >= 0.6 is 0 Å². The van der Waals surface area contributed by atoms with E-state index in [1.165, 1.54) is 36.8 Å². The van der Waals surface area contributed by atoms with Crippen molar-refractivity contribution in [3.63, 3.8) is 0 Å². The highest BCUT2D eigenvalue weighted by molar-refractivity contribution is 5.92. The Morgan fingerprint density at radius 1 is 1.23 bits per heavy atom. The second kappa shape index (κ2) is 7.31. The van der Waals surface area contributed by atoms with Gasteiger partial charge in [0.2, 0.25) is 0 Å². The number of Topliss-reactive ketones (excluding diaryl/α,β-unsaturated/α-hetero) is 1. The molecule has 0 unspecified atom stereocenters. The molecule has 0 aromatic rings. The van der Waals surface area contributed by atoms with Gasteiger partial charge in [-0.2, -0.15) is 0 Å². The Balaban J connectivity index is 1.41. The molecule has 5 rings (SSSR count). The first-order chi connectivity index (χ1) is 14.6. The number of aliphatic hydroxyl groups is 1. The second-order valence-corrected chi connectivity index (χ2v) is 12.9. The fourth-order valence-corrected chi connectivity index (χ4v) is 9.43. The van der Waals surface area contributed by atoms with Gasteiger partial charge in [-0.15, -0.1) is 0 Å².